The highest BCUT2D eigenvalue weighted by molar-refractivity contribution is 5.99. The van der Waals surface area contributed by atoms with Crippen LogP contribution in [-0.4, -0.2) is 46.4 Å². The van der Waals surface area contributed by atoms with Gasteiger partial charge < -0.3 is 10.2 Å². The lowest BCUT2D eigenvalue weighted by Gasteiger charge is -2.18. The van der Waals surface area contributed by atoms with Crippen molar-refractivity contribution in [3.63, 3.8) is 0 Å². The molecule has 0 aliphatic heterocycles. The van der Waals surface area contributed by atoms with Crippen LogP contribution in [0.2, 0.25) is 0 Å². The molecule has 3 aromatic rings. The largest absolute Gasteiger partial charge is 0.347 e. The number of fused-ring (bicyclic) bond motifs is 1. The zero-order valence-electron chi connectivity index (χ0n) is 15.4. The fourth-order valence-electron chi connectivity index (χ4n) is 2.97. The van der Waals surface area contributed by atoms with Crippen LogP contribution in [0, 0.1) is 6.92 Å². The predicted molar refractivity (Wildman–Crippen MR) is 101 cm³/mol. The minimum absolute atomic E-state index is 0.149. The van der Waals surface area contributed by atoms with E-state index < -0.39 is 6.04 Å². The zero-order valence-corrected chi connectivity index (χ0v) is 15.4. The summed E-state index contributed by atoms with van der Waals surface area (Å²) in [6.07, 6.45) is 0. The maximum atomic E-state index is 12.5. The van der Waals surface area contributed by atoms with E-state index in [9.17, 15) is 9.59 Å². The minimum atomic E-state index is -0.586. The number of hydrogen-bond donors (Lipinski definition) is 1. The molecule has 2 amide bonds. The lowest BCUT2D eigenvalue weighted by atomic mass is 10.1. The highest BCUT2D eigenvalue weighted by Crippen LogP contribution is 2.22. The van der Waals surface area contributed by atoms with Crippen molar-refractivity contribution in [2.75, 3.05) is 14.1 Å². The molecule has 6 heteroatoms. The topological polar surface area (TPSA) is 67.2 Å². The summed E-state index contributed by atoms with van der Waals surface area (Å²) in [5.74, 6) is 0.407. The van der Waals surface area contributed by atoms with Gasteiger partial charge in [0.15, 0.2) is 0 Å². The molecule has 0 saturated carbocycles. The lowest BCUT2D eigenvalue weighted by molar-refractivity contribution is -0.130. The predicted octanol–water partition coefficient (Wildman–Crippen LogP) is 2.54. The zero-order chi connectivity index (χ0) is 18.8. The van der Waals surface area contributed by atoms with E-state index in [1.54, 1.807) is 33.2 Å². The summed E-state index contributed by atoms with van der Waals surface area (Å²) in [7, 11) is 3.33. The number of carbonyl (C=O) groups excluding carboxylic acids is 2. The van der Waals surface area contributed by atoms with Crippen molar-refractivity contribution in [1.29, 1.82) is 0 Å². The van der Waals surface area contributed by atoms with E-state index >= 15 is 0 Å². The number of nitrogens with one attached hydrogen (secondary N) is 1. The first-order valence-electron chi connectivity index (χ1n) is 8.45. The lowest BCUT2D eigenvalue weighted by Crippen LogP contribution is -2.44. The van der Waals surface area contributed by atoms with Gasteiger partial charge in [-0.05, 0) is 44.2 Å². The van der Waals surface area contributed by atoms with Crippen molar-refractivity contribution in [3.05, 3.63) is 59.9 Å². The fraction of sp³-hybridized carbons (Fsp3) is 0.250. The van der Waals surface area contributed by atoms with Gasteiger partial charge in [-0.3, -0.25) is 14.2 Å². The molecule has 0 fully saturated rings. The third-order valence-corrected chi connectivity index (χ3v) is 4.26. The van der Waals surface area contributed by atoms with E-state index in [4.69, 9.17) is 0 Å². The van der Waals surface area contributed by atoms with Gasteiger partial charge in [0.25, 0.3) is 5.91 Å². The van der Waals surface area contributed by atoms with Crippen molar-refractivity contribution in [1.82, 2.24) is 19.8 Å². The van der Waals surface area contributed by atoms with Gasteiger partial charge in [-0.2, -0.15) is 0 Å². The number of hydrogen-bond acceptors (Lipinski definition) is 3. The molecular formula is C20H22N4O2. The Morgan fingerprint density at radius 2 is 1.81 bits per heavy atom. The average molecular weight is 350 g/mol. The molecule has 6 nitrogen and oxygen atoms in total. The number of likely N-dealkylation sites (N-methyl/N-ethyl adjacent to an activating group) is 1. The first kappa shape index (κ1) is 17.7. The summed E-state index contributed by atoms with van der Waals surface area (Å²) in [5.41, 5.74) is 3.18. The summed E-state index contributed by atoms with van der Waals surface area (Å²) in [6.45, 7) is 3.61. The number of nitrogens with zero attached hydrogens (tertiary/aromatic N) is 3. The van der Waals surface area contributed by atoms with Crippen LogP contribution in [0.1, 0.15) is 23.1 Å². The van der Waals surface area contributed by atoms with E-state index in [-0.39, 0.29) is 11.8 Å². The number of amides is 2. The number of para-hydroxylation sites is 1. The number of aryl methyl sites for hydroxylation is 1. The molecule has 1 heterocycles. The van der Waals surface area contributed by atoms with Gasteiger partial charge in [0.1, 0.15) is 11.9 Å². The van der Waals surface area contributed by atoms with E-state index in [0.29, 0.717) is 5.56 Å². The Balaban J connectivity index is 1.91. The van der Waals surface area contributed by atoms with Crippen molar-refractivity contribution >= 4 is 22.8 Å². The Hall–Kier alpha value is -3.15. The standard InChI is InChI=1S/C20H22N4O2/c1-13(20(26)23(3)4)21-19(25)15-10-11-18-17(12-15)22-14(2)24(18)16-8-6-5-7-9-16/h5-13H,1-4H3,(H,21,25)/t13-/m1/s1. The molecular weight excluding hydrogens is 328 g/mol. The van der Waals surface area contributed by atoms with E-state index in [0.717, 1.165) is 22.5 Å². The minimum Gasteiger partial charge on any atom is -0.347 e. The number of benzene rings is 2. The van der Waals surface area contributed by atoms with E-state index in [1.807, 2.05) is 43.3 Å². The molecule has 2 aromatic carbocycles. The van der Waals surface area contributed by atoms with Gasteiger partial charge in [-0.15, -0.1) is 0 Å². The Bertz CT molecular complexity index is 961. The second kappa shape index (κ2) is 7.00. The highest BCUT2D eigenvalue weighted by Gasteiger charge is 2.19. The third-order valence-electron chi connectivity index (χ3n) is 4.26. The summed E-state index contributed by atoms with van der Waals surface area (Å²) < 4.78 is 2.05. The molecule has 1 atom stereocenters. The number of carbonyl (C=O) groups is 2. The first-order chi connectivity index (χ1) is 12.4. The van der Waals surface area contributed by atoms with E-state index in [2.05, 4.69) is 14.9 Å². The molecule has 0 aliphatic carbocycles. The van der Waals surface area contributed by atoms with Gasteiger partial charge in [0.05, 0.1) is 11.0 Å². The maximum absolute atomic E-state index is 12.5. The van der Waals surface area contributed by atoms with E-state index in [1.165, 1.54) is 4.90 Å². The number of rotatable bonds is 4. The van der Waals surface area contributed by atoms with Crippen LogP contribution >= 0.6 is 0 Å². The molecule has 1 N–H and O–H groups in total. The quantitative estimate of drug-likeness (QED) is 0.786. The molecule has 0 saturated heterocycles. The first-order valence-corrected chi connectivity index (χ1v) is 8.45. The Morgan fingerprint density at radius 3 is 2.46 bits per heavy atom. The normalized spacial score (nSPS) is 12.0. The van der Waals surface area contributed by atoms with Crippen molar-refractivity contribution in [2.24, 2.45) is 0 Å². The monoisotopic (exact) mass is 350 g/mol. The van der Waals surface area contributed by atoms with Crippen LogP contribution in [0.4, 0.5) is 0 Å². The van der Waals surface area contributed by atoms with Crippen molar-refractivity contribution in [3.8, 4) is 5.69 Å². The smallest absolute Gasteiger partial charge is 0.251 e. The van der Waals surface area contributed by atoms with Crippen molar-refractivity contribution < 1.29 is 9.59 Å². The molecule has 0 radical (unpaired) electrons. The summed E-state index contributed by atoms with van der Waals surface area (Å²) in [6, 6.07) is 14.8. The molecule has 0 aliphatic rings. The molecule has 26 heavy (non-hydrogen) atoms. The molecule has 0 unspecified atom stereocenters. The number of imidazole rings is 1. The maximum Gasteiger partial charge on any atom is 0.251 e. The summed E-state index contributed by atoms with van der Waals surface area (Å²) >= 11 is 0. The second-order valence-electron chi connectivity index (χ2n) is 6.46. The Morgan fingerprint density at radius 1 is 1.12 bits per heavy atom. The Labute approximate surface area is 152 Å². The molecule has 134 valence electrons. The van der Waals surface area contributed by atoms with Gasteiger partial charge in [0.2, 0.25) is 5.91 Å². The van der Waals surface area contributed by atoms with Crippen LogP contribution in [0.5, 0.6) is 0 Å². The van der Waals surface area contributed by atoms with Crippen LogP contribution in [-0.2, 0) is 4.79 Å². The SMILES string of the molecule is Cc1nc2cc(C(=O)N[C@H](C)C(=O)N(C)C)ccc2n1-c1ccccc1. The Kier molecular flexibility index (Phi) is 4.75. The van der Waals surface area contributed by atoms with Gasteiger partial charge in [-0.1, -0.05) is 18.2 Å². The second-order valence-corrected chi connectivity index (χ2v) is 6.46. The van der Waals surface area contributed by atoms with Gasteiger partial charge >= 0.3 is 0 Å². The highest BCUT2D eigenvalue weighted by atomic mass is 16.2. The van der Waals surface area contributed by atoms with Gasteiger partial charge in [-0.25, -0.2) is 4.98 Å². The van der Waals surface area contributed by atoms with Gasteiger partial charge in [0, 0.05) is 25.3 Å². The third kappa shape index (κ3) is 3.31. The molecule has 3 rings (SSSR count). The number of aromatic nitrogens is 2. The van der Waals surface area contributed by atoms with Crippen LogP contribution in [0.25, 0.3) is 16.7 Å². The average Bonchev–Trinajstić information content (AvgIpc) is 2.96. The van der Waals surface area contributed by atoms with Crippen molar-refractivity contribution in [2.45, 2.75) is 19.9 Å². The van der Waals surface area contributed by atoms with Crippen LogP contribution in [0.3, 0.4) is 0 Å². The summed E-state index contributed by atoms with van der Waals surface area (Å²) in [5, 5.41) is 2.73. The molecule has 0 spiro atoms. The van der Waals surface area contributed by atoms with Crippen LogP contribution in [0.15, 0.2) is 48.5 Å². The van der Waals surface area contributed by atoms with Crippen LogP contribution < -0.4 is 5.32 Å². The summed E-state index contributed by atoms with van der Waals surface area (Å²) in [4.78, 5) is 30.4. The molecule has 0 bridgehead atoms. The fourth-order valence-corrected chi connectivity index (χ4v) is 2.97. The molecule has 1 aromatic heterocycles.